The molecule has 0 aliphatic heterocycles. The van der Waals surface area contributed by atoms with E-state index < -0.39 is 0 Å². The first-order valence-corrected chi connectivity index (χ1v) is 5.29. The standard InChI is InChI=1S/C9H10N4OS/c1-13-4-2-10-7(13)6-12-8(14)9-11-3-5-15-9/h2-5H,6H2,1H3,(H,12,14). The van der Waals surface area contributed by atoms with Crippen LogP contribution in [0.25, 0.3) is 0 Å². The molecule has 0 aromatic carbocycles. The number of hydrogen-bond acceptors (Lipinski definition) is 4. The summed E-state index contributed by atoms with van der Waals surface area (Å²) in [5, 5.41) is 5.00. The van der Waals surface area contributed by atoms with Gasteiger partial charge in [-0.05, 0) is 0 Å². The molecule has 2 rings (SSSR count). The highest BCUT2D eigenvalue weighted by Crippen LogP contribution is 2.03. The normalized spacial score (nSPS) is 10.2. The van der Waals surface area contributed by atoms with E-state index in [1.807, 2.05) is 17.8 Å². The molecule has 0 fully saturated rings. The number of aromatic nitrogens is 3. The number of nitrogens with one attached hydrogen (secondary N) is 1. The Morgan fingerprint density at radius 1 is 1.53 bits per heavy atom. The predicted molar refractivity (Wildman–Crippen MR) is 56.5 cm³/mol. The number of nitrogens with zero attached hydrogens (tertiary/aromatic N) is 3. The summed E-state index contributed by atoms with van der Waals surface area (Å²) >= 11 is 1.32. The van der Waals surface area contributed by atoms with Crippen LogP contribution in [-0.4, -0.2) is 20.4 Å². The topological polar surface area (TPSA) is 59.8 Å². The molecule has 0 saturated carbocycles. The molecule has 0 radical (unpaired) electrons. The second-order valence-electron chi connectivity index (χ2n) is 2.97. The van der Waals surface area contributed by atoms with E-state index in [1.165, 1.54) is 11.3 Å². The van der Waals surface area contributed by atoms with Crippen LogP contribution >= 0.6 is 11.3 Å². The molecule has 5 nitrogen and oxygen atoms in total. The van der Waals surface area contributed by atoms with Gasteiger partial charge in [-0.15, -0.1) is 11.3 Å². The van der Waals surface area contributed by atoms with Crippen LogP contribution in [0.1, 0.15) is 15.6 Å². The van der Waals surface area contributed by atoms with Gasteiger partial charge in [0.2, 0.25) is 0 Å². The fourth-order valence-electron chi connectivity index (χ4n) is 1.14. The van der Waals surface area contributed by atoms with Crippen LogP contribution in [0.5, 0.6) is 0 Å². The van der Waals surface area contributed by atoms with Crippen LogP contribution in [0.4, 0.5) is 0 Å². The maximum absolute atomic E-state index is 11.5. The van der Waals surface area contributed by atoms with Gasteiger partial charge in [-0.25, -0.2) is 9.97 Å². The Bertz CT molecular complexity index is 448. The highest BCUT2D eigenvalue weighted by Gasteiger charge is 2.08. The number of hydrogen-bond donors (Lipinski definition) is 1. The van der Waals surface area contributed by atoms with E-state index in [0.717, 1.165) is 5.82 Å². The van der Waals surface area contributed by atoms with Gasteiger partial charge in [-0.1, -0.05) is 0 Å². The average molecular weight is 222 g/mol. The average Bonchev–Trinajstić information content (AvgIpc) is 2.85. The van der Waals surface area contributed by atoms with Crippen molar-refractivity contribution in [1.82, 2.24) is 19.9 Å². The van der Waals surface area contributed by atoms with Gasteiger partial charge in [0.1, 0.15) is 5.82 Å². The summed E-state index contributed by atoms with van der Waals surface area (Å²) < 4.78 is 1.86. The molecular weight excluding hydrogens is 212 g/mol. The van der Waals surface area contributed by atoms with Gasteiger partial charge in [-0.3, -0.25) is 4.79 Å². The first kappa shape index (κ1) is 9.85. The fraction of sp³-hybridized carbons (Fsp3) is 0.222. The summed E-state index contributed by atoms with van der Waals surface area (Å²) in [5.74, 6) is 0.660. The zero-order valence-corrected chi connectivity index (χ0v) is 8.99. The summed E-state index contributed by atoms with van der Waals surface area (Å²) in [7, 11) is 1.89. The Labute approximate surface area is 90.8 Å². The Morgan fingerprint density at radius 3 is 3.00 bits per heavy atom. The first-order chi connectivity index (χ1) is 7.27. The van der Waals surface area contributed by atoms with Crippen LogP contribution < -0.4 is 5.32 Å². The molecule has 1 amide bonds. The SMILES string of the molecule is Cn1ccnc1CNC(=O)c1nccs1. The molecule has 0 bridgehead atoms. The third-order valence-electron chi connectivity index (χ3n) is 1.95. The minimum Gasteiger partial charge on any atom is -0.343 e. The molecule has 2 aromatic rings. The molecule has 6 heteroatoms. The zero-order valence-electron chi connectivity index (χ0n) is 8.17. The molecule has 0 spiro atoms. The maximum atomic E-state index is 11.5. The lowest BCUT2D eigenvalue weighted by molar-refractivity contribution is 0.0949. The third-order valence-corrected chi connectivity index (χ3v) is 2.73. The van der Waals surface area contributed by atoms with Crippen molar-refractivity contribution in [2.75, 3.05) is 0 Å². The molecule has 78 valence electrons. The lowest BCUT2D eigenvalue weighted by atomic mass is 10.5. The van der Waals surface area contributed by atoms with Crippen LogP contribution in [0, 0.1) is 0 Å². The quantitative estimate of drug-likeness (QED) is 0.836. The van der Waals surface area contributed by atoms with Gasteiger partial charge >= 0.3 is 0 Å². The predicted octanol–water partition coefficient (Wildman–Crippen LogP) is 0.807. The molecule has 1 N–H and O–H groups in total. The number of amides is 1. The number of carbonyl (C=O) groups excluding carboxylic acids is 1. The number of imidazole rings is 1. The molecule has 2 heterocycles. The van der Waals surface area contributed by atoms with E-state index in [-0.39, 0.29) is 5.91 Å². The van der Waals surface area contributed by atoms with Crippen molar-refractivity contribution < 1.29 is 4.79 Å². The van der Waals surface area contributed by atoms with E-state index in [2.05, 4.69) is 15.3 Å². The van der Waals surface area contributed by atoms with Gasteiger partial charge in [0.15, 0.2) is 5.01 Å². The smallest absolute Gasteiger partial charge is 0.280 e. The van der Waals surface area contributed by atoms with Crippen molar-refractivity contribution in [3.8, 4) is 0 Å². The number of aryl methyl sites for hydroxylation is 1. The molecule has 2 aromatic heterocycles. The van der Waals surface area contributed by atoms with Gasteiger partial charge in [0.05, 0.1) is 6.54 Å². The third kappa shape index (κ3) is 2.21. The molecular formula is C9H10N4OS. The highest BCUT2D eigenvalue weighted by atomic mass is 32.1. The Hall–Kier alpha value is -1.69. The largest absolute Gasteiger partial charge is 0.343 e. The van der Waals surface area contributed by atoms with E-state index >= 15 is 0 Å². The van der Waals surface area contributed by atoms with Crippen molar-refractivity contribution >= 4 is 17.2 Å². The molecule has 0 aliphatic rings. The van der Waals surface area contributed by atoms with Crippen LogP contribution in [0.3, 0.4) is 0 Å². The van der Waals surface area contributed by atoms with Crippen molar-refractivity contribution in [2.45, 2.75) is 6.54 Å². The van der Waals surface area contributed by atoms with E-state index in [1.54, 1.807) is 17.8 Å². The maximum Gasteiger partial charge on any atom is 0.280 e. The second kappa shape index (κ2) is 4.22. The molecule has 0 aliphatic carbocycles. The number of thiazole rings is 1. The molecule has 0 atom stereocenters. The highest BCUT2D eigenvalue weighted by molar-refractivity contribution is 7.11. The van der Waals surface area contributed by atoms with Crippen molar-refractivity contribution in [3.63, 3.8) is 0 Å². The van der Waals surface area contributed by atoms with Crippen LogP contribution in [0.2, 0.25) is 0 Å². The lowest BCUT2D eigenvalue weighted by Gasteiger charge is -2.02. The summed E-state index contributed by atoms with van der Waals surface area (Å²) in [5.41, 5.74) is 0. The number of rotatable bonds is 3. The van der Waals surface area contributed by atoms with E-state index in [9.17, 15) is 4.79 Å². The van der Waals surface area contributed by atoms with Crippen molar-refractivity contribution in [2.24, 2.45) is 7.05 Å². The van der Waals surface area contributed by atoms with Crippen LogP contribution in [-0.2, 0) is 13.6 Å². The fourth-order valence-corrected chi connectivity index (χ4v) is 1.69. The minimum atomic E-state index is -0.159. The van der Waals surface area contributed by atoms with Crippen LogP contribution in [0.15, 0.2) is 24.0 Å². The van der Waals surface area contributed by atoms with E-state index in [0.29, 0.717) is 11.6 Å². The first-order valence-electron chi connectivity index (χ1n) is 4.41. The van der Waals surface area contributed by atoms with Gasteiger partial charge in [-0.2, -0.15) is 0 Å². The molecule has 0 saturated heterocycles. The second-order valence-corrected chi connectivity index (χ2v) is 3.87. The Balaban J connectivity index is 1.95. The molecule has 15 heavy (non-hydrogen) atoms. The van der Waals surface area contributed by atoms with E-state index in [4.69, 9.17) is 0 Å². The number of carbonyl (C=O) groups is 1. The summed E-state index contributed by atoms with van der Waals surface area (Å²) in [6.45, 7) is 0.419. The monoisotopic (exact) mass is 222 g/mol. The van der Waals surface area contributed by atoms with Gasteiger partial charge < -0.3 is 9.88 Å². The minimum absolute atomic E-state index is 0.159. The summed E-state index contributed by atoms with van der Waals surface area (Å²) in [6.07, 6.45) is 5.15. The summed E-state index contributed by atoms with van der Waals surface area (Å²) in [4.78, 5) is 19.5. The zero-order chi connectivity index (χ0) is 10.7. The van der Waals surface area contributed by atoms with Gasteiger partial charge in [0.25, 0.3) is 5.91 Å². The summed E-state index contributed by atoms with van der Waals surface area (Å²) in [6, 6.07) is 0. The molecule has 0 unspecified atom stereocenters. The van der Waals surface area contributed by atoms with Crippen molar-refractivity contribution in [3.05, 3.63) is 34.8 Å². The Kier molecular flexibility index (Phi) is 2.77. The van der Waals surface area contributed by atoms with Gasteiger partial charge in [0, 0.05) is 31.0 Å². The lowest BCUT2D eigenvalue weighted by Crippen LogP contribution is -2.24. The van der Waals surface area contributed by atoms with Crippen molar-refractivity contribution in [1.29, 1.82) is 0 Å². The Morgan fingerprint density at radius 2 is 2.40 bits per heavy atom.